The maximum Gasteiger partial charge on any atom is 0.214 e. The van der Waals surface area contributed by atoms with Gasteiger partial charge in [-0.2, -0.15) is 0 Å². The molecule has 1 fully saturated rings. The van der Waals surface area contributed by atoms with Gasteiger partial charge in [0.25, 0.3) is 0 Å². The molecule has 0 atom stereocenters. The van der Waals surface area contributed by atoms with Crippen LogP contribution in [0.15, 0.2) is 24.3 Å². The van der Waals surface area contributed by atoms with E-state index in [1.807, 2.05) is 12.1 Å². The zero-order valence-electron chi connectivity index (χ0n) is 8.75. The molecule has 1 saturated carbocycles. The van der Waals surface area contributed by atoms with Gasteiger partial charge in [0.15, 0.2) is 0 Å². The van der Waals surface area contributed by atoms with E-state index in [1.54, 1.807) is 0 Å². The van der Waals surface area contributed by atoms with Crippen molar-refractivity contribution in [1.82, 2.24) is 0 Å². The van der Waals surface area contributed by atoms with E-state index in [2.05, 4.69) is 12.1 Å². The molecular formula is C13H15NO. The molecule has 78 valence electrons. The van der Waals surface area contributed by atoms with Gasteiger partial charge in [-0.1, -0.05) is 24.6 Å². The molecule has 3 rings (SSSR count). The zero-order valence-corrected chi connectivity index (χ0v) is 8.75. The lowest BCUT2D eigenvalue weighted by atomic mass is 9.79. The van der Waals surface area contributed by atoms with Crippen LogP contribution in [0, 0.1) is 5.41 Å². The van der Waals surface area contributed by atoms with Crippen molar-refractivity contribution in [3.05, 3.63) is 35.4 Å². The lowest BCUT2D eigenvalue weighted by Crippen LogP contribution is -2.28. The quantitative estimate of drug-likeness (QED) is 0.687. The Balaban J connectivity index is 2.10. The zero-order chi connectivity index (χ0) is 10.3. The molecule has 1 aromatic rings. The summed E-state index contributed by atoms with van der Waals surface area (Å²) in [6.45, 7) is 0. The average Bonchev–Trinajstić information content (AvgIpc) is 2.55. The van der Waals surface area contributed by atoms with Crippen LogP contribution in [0.25, 0.3) is 0 Å². The molecule has 0 saturated heterocycles. The molecule has 0 bridgehead atoms. The molecule has 15 heavy (non-hydrogen) atoms. The van der Waals surface area contributed by atoms with Crippen molar-refractivity contribution in [2.24, 2.45) is 0 Å². The highest BCUT2D eigenvalue weighted by atomic mass is 16.5. The molecule has 0 aromatic heterocycles. The van der Waals surface area contributed by atoms with Gasteiger partial charge in [0.1, 0.15) is 5.60 Å². The van der Waals surface area contributed by atoms with Crippen molar-refractivity contribution < 1.29 is 4.74 Å². The van der Waals surface area contributed by atoms with E-state index in [0.717, 1.165) is 18.4 Å². The first-order chi connectivity index (χ1) is 7.32. The SMILES string of the molecule is N=C1OC2(CCCCC2)c2ccccc21. The molecule has 0 amide bonds. The Morgan fingerprint density at radius 2 is 1.80 bits per heavy atom. The first kappa shape index (κ1) is 8.96. The fourth-order valence-electron chi connectivity index (χ4n) is 2.88. The highest BCUT2D eigenvalue weighted by molar-refractivity contribution is 5.96. The topological polar surface area (TPSA) is 33.1 Å². The summed E-state index contributed by atoms with van der Waals surface area (Å²) >= 11 is 0. The number of fused-ring (bicyclic) bond motifs is 2. The van der Waals surface area contributed by atoms with E-state index < -0.39 is 0 Å². The van der Waals surface area contributed by atoms with E-state index in [1.165, 1.54) is 24.8 Å². The molecule has 1 aliphatic heterocycles. The van der Waals surface area contributed by atoms with Gasteiger partial charge < -0.3 is 4.74 Å². The van der Waals surface area contributed by atoms with E-state index in [9.17, 15) is 0 Å². The van der Waals surface area contributed by atoms with Crippen molar-refractivity contribution in [2.45, 2.75) is 37.7 Å². The van der Waals surface area contributed by atoms with Crippen LogP contribution in [0.4, 0.5) is 0 Å². The Labute approximate surface area is 89.8 Å². The predicted molar refractivity (Wildman–Crippen MR) is 59.1 cm³/mol. The third-order valence-electron chi connectivity index (χ3n) is 3.62. The molecular weight excluding hydrogens is 186 g/mol. The summed E-state index contributed by atoms with van der Waals surface area (Å²) in [5, 5.41) is 7.87. The van der Waals surface area contributed by atoms with Gasteiger partial charge in [-0.15, -0.1) is 0 Å². The van der Waals surface area contributed by atoms with E-state index in [0.29, 0.717) is 5.90 Å². The molecule has 1 aliphatic carbocycles. The number of nitrogens with one attached hydrogen (secondary N) is 1. The van der Waals surface area contributed by atoms with Crippen molar-refractivity contribution in [3.63, 3.8) is 0 Å². The van der Waals surface area contributed by atoms with Crippen molar-refractivity contribution in [2.75, 3.05) is 0 Å². The molecule has 2 nitrogen and oxygen atoms in total. The standard InChI is InChI=1S/C13H15NO/c14-12-10-6-2-3-7-11(10)13(15-12)8-4-1-5-9-13/h2-3,6-7,14H,1,4-5,8-9H2. The molecule has 2 aliphatic rings. The fourth-order valence-corrected chi connectivity index (χ4v) is 2.88. The van der Waals surface area contributed by atoms with E-state index in [-0.39, 0.29) is 5.60 Å². The van der Waals surface area contributed by atoms with Gasteiger partial charge in [0.2, 0.25) is 5.90 Å². The summed E-state index contributed by atoms with van der Waals surface area (Å²) in [6, 6.07) is 8.17. The summed E-state index contributed by atoms with van der Waals surface area (Å²) in [5.74, 6) is 0.368. The number of ether oxygens (including phenoxy) is 1. The van der Waals surface area contributed by atoms with E-state index >= 15 is 0 Å². The normalized spacial score (nSPS) is 22.5. The molecule has 1 aromatic carbocycles. The number of hydrogen-bond donors (Lipinski definition) is 1. The van der Waals surface area contributed by atoms with Crippen molar-refractivity contribution >= 4 is 5.90 Å². The van der Waals surface area contributed by atoms with Gasteiger partial charge in [0, 0.05) is 11.1 Å². The molecule has 0 unspecified atom stereocenters. The van der Waals surface area contributed by atoms with E-state index in [4.69, 9.17) is 10.1 Å². The van der Waals surface area contributed by atoms with Gasteiger partial charge in [0.05, 0.1) is 0 Å². The van der Waals surface area contributed by atoms with Crippen LogP contribution in [0.3, 0.4) is 0 Å². The third-order valence-corrected chi connectivity index (χ3v) is 3.62. The Bertz CT molecular complexity index is 405. The monoisotopic (exact) mass is 201 g/mol. The van der Waals surface area contributed by atoms with Crippen LogP contribution in [0.1, 0.15) is 43.2 Å². The smallest absolute Gasteiger partial charge is 0.214 e. The third kappa shape index (κ3) is 1.21. The first-order valence-electron chi connectivity index (χ1n) is 5.69. The lowest BCUT2D eigenvalue weighted by Gasteiger charge is -2.33. The second-order valence-corrected chi connectivity index (χ2v) is 4.53. The lowest BCUT2D eigenvalue weighted by molar-refractivity contribution is 0.0264. The van der Waals surface area contributed by atoms with Crippen LogP contribution in [0.5, 0.6) is 0 Å². The van der Waals surface area contributed by atoms with Crippen LogP contribution >= 0.6 is 0 Å². The Morgan fingerprint density at radius 3 is 2.60 bits per heavy atom. The Morgan fingerprint density at radius 1 is 1.07 bits per heavy atom. The molecule has 0 radical (unpaired) electrons. The Hall–Kier alpha value is -1.31. The first-order valence-corrected chi connectivity index (χ1v) is 5.69. The second kappa shape index (κ2) is 3.09. The summed E-state index contributed by atoms with van der Waals surface area (Å²) in [5.41, 5.74) is 2.10. The Kier molecular flexibility index (Phi) is 1.84. The number of rotatable bonds is 0. The summed E-state index contributed by atoms with van der Waals surface area (Å²) in [4.78, 5) is 0. The largest absolute Gasteiger partial charge is 0.466 e. The van der Waals surface area contributed by atoms with Crippen molar-refractivity contribution in [3.8, 4) is 0 Å². The highest BCUT2D eigenvalue weighted by Crippen LogP contribution is 2.46. The summed E-state index contributed by atoms with van der Waals surface area (Å²) in [6.07, 6.45) is 5.91. The second-order valence-electron chi connectivity index (χ2n) is 4.53. The van der Waals surface area contributed by atoms with Crippen LogP contribution in [0.2, 0.25) is 0 Å². The van der Waals surface area contributed by atoms with Crippen molar-refractivity contribution in [1.29, 1.82) is 5.41 Å². The average molecular weight is 201 g/mol. The van der Waals surface area contributed by atoms with Crippen LogP contribution in [-0.4, -0.2) is 5.90 Å². The summed E-state index contributed by atoms with van der Waals surface area (Å²) < 4.78 is 5.84. The minimum absolute atomic E-state index is 0.147. The number of benzene rings is 1. The molecule has 1 heterocycles. The van der Waals surface area contributed by atoms with Crippen LogP contribution < -0.4 is 0 Å². The fraction of sp³-hybridized carbons (Fsp3) is 0.462. The number of hydrogen-bond acceptors (Lipinski definition) is 2. The maximum absolute atomic E-state index is 7.87. The minimum Gasteiger partial charge on any atom is -0.466 e. The highest BCUT2D eigenvalue weighted by Gasteiger charge is 2.43. The molecule has 1 spiro atoms. The van der Waals surface area contributed by atoms with Gasteiger partial charge >= 0.3 is 0 Å². The van der Waals surface area contributed by atoms with Crippen LogP contribution in [-0.2, 0) is 10.3 Å². The van der Waals surface area contributed by atoms with Gasteiger partial charge in [-0.3, -0.25) is 5.41 Å². The maximum atomic E-state index is 7.87. The summed E-state index contributed by atoms with van der Waals surface area (Å²) in [7, 11) is 0. The van der Waals surface area contributed by atoms with Gasteiger partial charge in [-0.25, -0.2) is 0 Å². The minimum atomic E-state index is -0.147. The molecule has 2 heteroatoms. The molecule has 1 N–H and O–H groups in total. The van der Waals surface area contributed by atoms with Gasteiger partial charge in [-0.05, 0) is 31.7 Å². The predicted octanol–water partition coefficient (Wildman–Crippen LogP) is 3.20.